The first-order chi connectivity index (χ1) is 9.63. The van der Waals surface area contributed by atoms with Crippen LogP contribution in [-0.4, -0.2) is 37.8 Å². The van der Waals surface area contributed by atoms with E-state index >= 15 is 0 Å². The lowest BCUT2D eigenvalue weighted by Gasteiger charge is -2.29. The van der Waals surface area contributed by atoms with Crippen molar-refractivity contribution in [3.05, 3.63) is 23.9 Å². The fourth-order valence-electron chi connectivity index (χ4n) is 2.22. The van der Waals surface area contributed by atoms with Gasteiger partial charge in [-0.1, -0.05) is 19.9 Å². The fourth-order valence-corrected chi connectivity index (χ4v) is 2.22. The molecule has 0 aromatic carbocycles. The summed E-state index contributed by atoms with van der Waals surface area (Å²) in [6, 6.07) is 5.09. The van der Waals surface area contributed by atoms with Gasteiger partial charge in [0.1, 0.15) is 5.82 Å². The second-order valence-corrected chi connectivity index (χ2v) is 5.17. The highest BCUT2D eigenvalue weighted by atomic mass is 16.5. The first-order valence-electron chi connectivity index (χ1n) is 7.58. The fraction of sp³-hybridized carbons (Fsp3) is 0.688. The first-order valence-corrected chi connectivity index (χ1v) is 7.58. The third kappa shape index (κ3) is 4.76. The van der Waals surface area contributed by atoms with Crippen molar-refractivity contribution in [2.45, 2.75) is 46.2 Å². The minimum Gasteiger partial charge on any atom is -0.383 e. The summed E-state index contributed by atoms with van der Waals surface area (Å²) in [5.74, 6) is 1.03. The average molecular weight is 279 g/mol. The smallest absolute Gasteiger partial charge is 0.128 e. The number of methoxy groups -OCH3 is 1. The predicted octanol–water partition coefficient (Wildman–Crippen LogP) is 3.00. The highest BCUT2D eigenvalue weighted by molar-refractivity contribution is 5.40. The molecule has 1 heterocycles. The molecule has 4 nitrogen and oxygen atoms in total. The Balaban J connectivity index is 2.81. The SMILES string of the molecule is CCNC(C)c1ccc(N(CCOC)C(C)CC)nc1. The van der Waals surface area contributed by atoms with E-state index in [1.165, 1.54) is 5.56 Å². The van der Waals surface area contributed by atoms with Crippen molar-refractivity contribution >= 4 is 5.82 Å². The maximum atomic E-state index is 5.20. The predicted molar refractivity (Wildman–Crippen MR) is 85.3 cm³/mol. The van der Waals surface area contributed by atoms with Crippen LogP contribution in [0.1, 0.15) is 45.7 Å². The van der Waals surface area contributed by atoms with Gasteiger partial charge < -0.3 is 15.0 Å². The molecule has 1 aromatic rings. The molecule has 1 aromatic heterocycles. The van der Waals surface area contributed by atoms with Gasteiger partial charge in [0.05, 0.1) is 6.61 Å². The number of ether oxygens (including phenoxy) is 1. The number of anilines is 1. The molecular weight excluding hydrogens is 250 g/mol. The van der Waals surface area contributed by atoms with E-state index in [9.17, 15) is 0 Å². The Morgan fingerprint density at radius 2 is 2.05 bits per heavy atom. The Bertz CT molecular complexity index is 366. The summed E-state index contributed by atoms with van der Waals surface area (Å²) in [6.45, 7) is 11.3. The van der Waals surface area contributed by atoms with E-state index in [4.69, 9.17) is 4.74 Å². The van der Waals surface area contributed by atoms with Crippen LogP contribution in [0.15, 0.2) is 18.3 Å². The number of hydrogen-bond acceptors (Lipinski definition) is 4. The minimum atomic E-state index is 0.345. The van der Waals surface area contributed by atoms with E-state index in [0.717, 1.165) is 31.9 Å². The van der Waals surface area contributed by atoms with Crippen LogP contribution in [0.4, 0.5) is 5.82 Å². The summed E-state index contributed by atoms with van der Waals surface area (Å²) in [4.78, 5) is 6.95. The van der Waals surface area contributed by atoms with E-state index in [2.05, 4.69) is 55.0 Å². The molecule has 0 saturated heterocycles. The number of rotatable bonds is 9. The summed E-state index contributed by atoms with van der Waals surface area (Å²) < 4.78 is 5.20. The van der Waals surface area contributed by atoms with Gasteiger partial charge in [0.25, 0.3) is 0 Å². The third-order valence-electron chi connectivity index (χ3n) is 3.73. The number of nitrogens with one attached hydrogen (secondary N) is 1. The molecule has 1 N–H and O–H groups in total. The molecule has 0 saturated carbocycles. The molecule has 0 radical (unpaired) electrons. The molecule has 0 bridgehead atoms. The van der Waals surface area contributed by atoms with E-state index < -0.39 is 0 Å². The normalized spacial score (nSPS) is 14.1. The second kappa shape index (κ2) is 8.93. The van der Waals surface area contributed by atoms with Gasteiger partial charge in [-0.3, -0.25) is 0 Å². The quantitative estimate of drug-likeness (QED) is 0.754. The molecule has 4 heteroatoms. The largest absolute Gasteiger partial charge is 0.383 e. The zero-order valence-electron chi connectivity index (χ0n) is 13.5. The van der Waals surface area contributed by atoms with Gasteiger partial charge in [-0.05, 0) is 38.4 Å². The van der Waals surface area contributed by atoms with Crippen molar-refractivity contribution in [1.29, 1.82) is 0 Å². The van der Waals surface area contributed by atoms with Gasteiger partial charge in [-0.2, -0.15) is 0 Å². The number of nitrogens with zero attached hydrogens (tertiary/aromatic N) is 2. The number of hydrogen-bond donors (Lipinski definition) is 1. The summed E-state index contributed by atoms with van der Waals surface area (Å²) in [7, 11) is 1.74. The van der Waals surface area contributed by atoms with Crippen LogP contribution in [0.25, 0.3) is 0 Å². The lowest BCUT2D eigenvalue weighted by molar-refractivity contribution is 0.203. The summed E-state index contributed by atoms with van der Waals surface area (Å²) in [5, 5.41) is 3.41. The van der Waals surface area contributed by atoms with Gasteiger partial charge in [0, 0.05) is 31.9 Å². The molecular formula is C16H29N3O. The van der Waals surface area contributed by atoms with E-state index in [1.54, 1.807) is 7.11 Å². The number of pyridine rings is 1. The molecule has 0 aliphatic rings. The molecule has 0 aliphatic heterocycles. The van der Waals surface area contributed by atoms with Crippen LogP contribution in [0.2, 0.25) is 0 Å². The standard InChI is InChI=1S/C16H29N3O/c1-6-13(3)19(10-11-20-5)16-9-8-15(12-18-16)14(4)17-7-2/h8-9,12-14,17H,6-7,10-11H2,1-5H3. The van der Waals surface area contributed by atoms with Crippen molar-refractivity contribution in [3.63, 3.8) is 0 Å². The molecule has 2 atom stereocenters. The Kier molecular flexibility index (Phi) is 7.55. The topological polar surface area (TPSA) is 37.4 Å². The molecule has 2 unspecified atom stereocenters. The zero-order valence-corrected chi connectivity index (χ0v) is 13.5. The van der Waals surface area contributed by atoms with Gasteiger partial charge in [0.15, 0.2) is 0 Å². The average Bonchev–Trinajstić information content (AvgIpc) is 2.48. The lowest BCUT2D eigenvalue weighted by atomic mass is 10.1. The van der Waals surface area contributed by atoms with Crippen LogP contribution >= 0.6 is 0 Å². The van der Waals surface area contributed by atoms with Crippen LogP contribution < -0.4 is 10.2 Å². The second-order valence-electron chi connectivity index (χ2n) is 5.17. The van der Waals surface area contributed by atoms with Crippen LogP contribution in [-0.2, 0) is 4.74 Å². The first kappa shape index (κ1) is 16.9. The lowest BCUT2D eigenvalue weighted by Crippen LogP contribution is -2.36. The van der Waals surface area contributed by atoms with E-state index in [1.807, 2.05) is 6.20 Å². The summed E-state index contributed by atoms with van der Waals surface area (Å²) >= 11 is 0. The van der Waals surface area contributed by atoms with Crippen LogP contribution in [0.5, 0.6) is 0 Å². The van der Waals surface area contributed by atoms with Gasteiger partial charge in [0.2, 0.25) is 0 Å². The van der Waals surface area contributed by atoms with E-state index in [0.29, 0.717) is 12.1 Å². The Morgan fingerprint density at radius 3 is 2.55 bits per heavy atom. The third-order valence-corrected chi connectivity index (χ3v) is 3.73. The van der Waals surface area contributed by atoms with Crippen molar-refractivity contribution in [1.82, 2.24) is 10.3 Å². The van der Waals surface area contributed by atoms with Crippen molar-refractivity contribution in [2.75, 3.05) is 31.7 Å². The Labute approximate surface area is 123 Å². The molecule has 114 valence electrons. The Hall–Kier alpha value is -1.13. The van der Waals surface area contributed by atoms with Gasteiger partial charge in [-0.15, -0.1) is 0 Å². The van der Waals surface area contributed by atoms with Crippen molar-refractivity contribution in [2.24, 2.45) is 0 Å². The van der Waals surface area contributed by atoms with Crippen molar-refractivity contribution < 1.29 is 4.74 Å². The molecule has 0 fully saturated rings. The van der Waals surface area contributed by atoms with Crippen LogP contribution in [0, 0.1) is 0 Å². The van der Waals surface area contributed by atoms with E-state index in [-0.39, 0.29) is 0 Å². The number of aromatic nitrogens is 1. The molecule has 1 rings (SSSR count). The zero-order chi connectivity index (χ0) is 15.0. The summed E-state index contributed by atoms with van der Waals surface area (Å²) in [5.41, 5.74) is 1.23. The highest BCUT2D eigenvalue weighted by Crippen LogP contribution is 2.18. The van der Waals surface area contributed by atoms with Gasteiger partial charge >= 0.3 is 0 Å². The molecule has 0 spiro atoms. The minimum absolute atomic E-state index is 0.345. The highest BCUT2D eigenvalue weighted by Gasteiger charge is 2.14. The monoisotopic (exact) mass is 279 g/mol. The molecule has 20 heavy (non-hydrogen) atoms. The van der Waals surface area contributed by atoms with Crippen molar-refractivity contribution in [3.8, 4) is 0 Å². The molecule has 0 amide bonds. The molecule has 0 aliphatic carbocycles. The summed E-state index contributed by atoms with van der Waals surface area (Å²) in [6.07, 6.45) is 3.08. The maximum absolute atomic E-state index is 5.20. The maximum Gasteiger partial charge on any atom is 0.128 e. The Morgan fingerprint density at radius 1 is 1.30 bits per heavy atom. The van der Waals surface area contributed by atoms with Gasteiger partial charge in [-0.25, -0.2) is 4.98 Å². The van der Waals surface area contributed by atoms with Crippen LogP contribution in [0.3, 0.4) is 0 Å².